The number of methoxy groups -OCH3 is 1. The summed E-state index contributed by atoms with van der Waals surface area (Å²) in [6.45, 7) is -0.197. The van der Waals surface area contributed by atoms with Crippen LogP contribution in [0.5, 0.6) is 11.5 Å². The molecule has 0 atom stereocenters. The number of hydrogen-bond acceptors (Lipinski definition) is 5. The highest BCUT2D eigenvalue weighted by molar-refractivity contribution is 8.19. The molecule has 1 amide bonds. The molecule has 1 fully saturated rings. The Balaban J connectivity index is 1.61. The van der Waals surface area contributed by atoms with Crippen molar-refractivity contribution in [3.05, 3.63) is 52.8 Å². The second-order valence-electron chi connectivity index (χ2n) is 5.45. The topological polar surface area (TPSA) is 47.6 Å². The van der Waals surface area contributed by atoms with Crippen LogP contribution in [-0.2, 0) is 4.79 Å². The van der Waals surface area contributed by atoms with Crippen molar-refractivity contribution in [2.75, 3.05) is 30.5 Å². The zero-order chi connectivity index (χ0) is 18.5. The van der Waals surface area contributed by atoms with Gasteiger partial charge in [0.05, 0.1) is 16.7 Å². The molecule has 4 nitrogen and oxygen atoms in total. The number of amides is 1. The van der Waals surface area contributed by atoms with Gasteiger partial charge in [0.2, 0.25) is 0 Å². The van der Waals surface area contributed by atoms with E-state index in [4.69, 9.17) is 21.1 Å². The summed E-state index contributed by atoms with van der Waals surface area (Å²) in [4.78, 5) is 12.0. The van der Waals surface area contributed by atoms with Gasteiger partial charge >= 0.3 is 0 Å². The Bertz CT molecular complexity index is 800. The standard InChI is InChI=1S/C18H17ClFNO3S2/c1-23-16-8-11(18-25-6-7-26-18)2-5-15(16)24-10-17(22)21-12-3-4-14(20)13(19)9-12/h2-5,8-9,18H,6-7,10H2,1H3,(H,21,22). The van der Waals surface area contributed by atoms with E-state index >= 15 is 0 Å². The smallest absolute Gasteiger partial charge is 0.262 e. The summed E-state index contributed by atoms with van der Waals surface area (Å²) in [5.74, 6) is 2.46. The summed E-state index contributed by atoms with van der Waals surface area (Å²) < 4.78 is 24.5. The summed E-state index contributed by atoms with van der Waals surface area (Å²) in [6.07, 6.45) is 0. The minimum atomic E-state index is -0.538. The first-order valence-electron chi connectivity index (χ1n) is 7.85. The predicted molar refractivity (Wildman–Crippen MR) is 106 cm³/mol. The minimum Gasteiger partial charge on any atom is -0.493 e. The summed E-state index contributed by atoms with van der Waals surface area (Å²) in [5, 5.41) is 2.56. The van der Waals surface area contributed by atoms with Crippen molar-refractivity contribution in [3.8, 4) is 11.5 Å². The van der Waals surface area contributed by atoms with Gasteiger partial charge in [0, 0.05) is 17.2 Å². The van der Waals surface area contributed by atoms with Crippen molar-refractivity contribution in [3.63, 3.8) is 0 Å². The zero-order valence-electron chi connectivity index (χ0n) is 14.0. The first-order valence-corrected chi connectivity index (χ1v) is 10.3. The molecule has 8 heteroatoms. The van der Waals surface area contributed by atoms with Gasteiger partial charge in [0.15, 0.2) is 18.1 Å². The van der Waals surface area contributed by atoms with Gasteiger partial charge in [-0.2, -0.15) is 0 Å². The number of rotatable bonds is 6. The van der Waals surface area contributed by atoms with Crippen molar-refractivity contribution >= 4 is 46.7 Å². The minimum absolute atomic E-state index is 0.0522. The van der Waals surface area contributed by atoms with Gasteiger partial charge in [-0.05, 0) is 35.9 Å². The molecule has 0 aromatic heterocycles. The van der Waals surface area contributed by atoms with Crippen LogP contribution in [0.2, 0.25) is 5.02 Å². The number of carbonyl (C=O) groups is 1. The fraction of sp³-hybridized carbons (Fsp3) is 0.278. The number of nitrogens with one attached hydrogen (secondary N) is 1. The van der Waals surface area contributed by atoms with Crippen molar-refractivity contribution in [2.24, 2.45) is 0 Å². The van der Waals surface area contributed by atoms with Crippen LogP contribution in [0.3, 0.4) is 0 Å². The van der Waals surface area contributed by atoms with Crippen LogP contribution in [0.25, 0.3) is 0 Å². The maximum absolute atomic E-state index is 13.1. The molecule has 0 unspecified atom stereocenters. The zero-order valence-corrected chi connectivity index (χ0v) is 16.3. The normalized spacial score (nSPS) is 14.3. The van der Waals surface area contributed by atoms with Gasteiger partial charge in [-0.25, -0.2) is 4.39 Å². The number of halogens is 2. The van der Waals surface area contributed by atoms with E-state index in [1.54, 1.807) is 7.11 Å². The monoisotopic (exact) mass is 413 g/mol. The highest BCUT2D eigenvalue weighted by atomic mass is 35.5. The molecule has 26 heavy (non-hydrogen) atoms. The Morgan fingerprint density at radius 3 is 2.69 bits per heavy atom. The molecule has 1 aliphatic rings. The molecule has 0 aliphatic carbocycles. The lowest BCUT2D eigenvalue weighted by atomic mass is 10.2. The third-order valence-electron chi connectivity index (χ3n) is 3.64. The molecule has 1 N–H and O–H groups in total. The van der Waals surface area contributed by atoms with E-state index < -0.39 is 5.82 Å². The predicted octanol–water partition coefficient (Wildman–Crippen LogP) is 4.98. The summed E-state index contributed by atoms with van der Waals surface area (Å²) in [5.41, 5.74) is 1.58. The SMILES string of the molecule is COc1cc(C2SCCS2)ccc1OCC(=O)Nc1ccc(F)c(Cl)c1. The first-order chi connectivity index (χ1) is 12.6. The molecule has 0 spiro atoms. The second kappa shape index (κ2) is 8.88. The third-order valence-corrected chi connectivity index (χ3v) is 7.04. The lowest BCUT2D eigenvalue weighted by Crippen LogP contribution is -2.20. The van der Waals surface area contributed by atoms with Crippen LogP contribution in [0.4, 0.5) is 10.1 Å². The quantitative estimate of drug-likeness (QED) is 0.723. The average molecular weight is 414 g/mol. The molecule has 0 bridgehead atoms. The number of carbonyl (C=O) groups excluding carboxylic acids is 1. The molecule has 3 rings (SSSR count). The highest BCUT2D eigenvalue weighted by Gasteiger charge is 2.20. The lowest BCUT2D eigenvalue weighted by Gasteiger charge is -2.14. The number of hydrogen-bond donors (Lipinski definition) is 1. The van der Waals surface area contributed by atoms with Gasteiger partial charge < -0.3 is 14.8 Å². The van der Waals surface area contributed by atoms with Gasteiger partial charge in [0.25, 0.3) is 5.91 Å². The fourth-order valence-corrected chi connectivity index (χ4v) is 5.43. The van der Waals surface area contributed by atoms with Crippen LogP contribution in [0.15, 0.2) is 36.4 Å². The van der Waals surface area contributed by atoms with Crippen LogP contribution in [0.1, 0.15) is 10.1 Å². The van der Waals surface area contributed by atoms with Crippen molar-refractivity contribution in [1.29, 1.82) is 0 Å². The summed E-state index contributed by atoms with van der Waals surface area (Å²) in [7, 11) is 1.57. The molecule has 2 aromatic rings. The number of benzene rings is 2. The van der Waals surface area contributed by atoms with Crippen molar-refractivity contribution in [1.82, 2.24) is 0 Å². The molecule has 1 saturated heterocycles. The van der Waals surface area contributed by atoms with E-state index in [9.17, 15) is 9.18 Å². The van der Waals surface area contributed by atoms with E-state index in [2.05, 4.69) is 5.32 Å². The maximum Gasteiger partial charge on any atom is 0.262 e. The summed E-state index contributed by atoms with van der Waals surface area (Å²) >= 11 is 9.52. The Kier molecular flexibility index (Phi) is 6.56. The van der Waals surface area contributed by atoms with Gasteiger partial charge in [-0.3, -0.25) is 4.79 Å². The Hall–Kier alpha value is -1.57. The number of ether oxygens (including phenoxy) is 2. The molecular weight excluding hydrogens is 397 g/mol. The molecule has 1 aliphatic heterocycles. The first kappa shape index (κ1) is 19.2. The van der Waals surface area contributed by atoms with Gasteiger partial charge in [-0.15, -0.1) is 23.5 Å². The highest BCUT2D eigenvalue weighted by Crippen LogP contribution is 2.46. The third kappa shape index (κ3) is 4.78. The van der Waals surface area contributed by atoms with Crippen LogP contribution in [-0.4, -0.2) is 31.1 Å². The second-order valence-corrected chi connectivity index (χ2v) is 8.58. The maximum atomic E-state index is 13.1. The van der Waals surface area contributed by atoms with E-state index in [0.717, 1.165) is 11.5 Å². The molecule has 1 heterocycles. The fourth-order valence-electron chi connectivity index (χ4n) is 2.42. The Morgan fingerprint density at radius 2 is 2.00 bits per heavy atom. The van der Waals surface area contributed by atoms with Crippen LogP contribution in [0, 0.1) is 5.82 Å². The Labute approximate surface area is 164 Å². The van der Waals surface area contributed by atoms with E-state index in [1.165, 1.54) is 23.8 Å². The molecular formula is C18H17ClFNO3S2. The lowest BCUT2D eigenvalue weighted by molar-refractivity contribution is -0.118. The van der Waals surface area contributed by atoms with Crippen LogP contribution >= 0.6 is 35.1 Å². The van der Waals surface area contributed by atoms with E-state index in [1.807, 2.05) is 41.7 Å². The van der Waals surface area contributed by atoms with Crippen LogP contribution < -0.4 is 14.8 Å². The largest absolute Gasteiger partial charge is 0.493 e. The van der Waals surface area contributed by atoms with Crippen molar-refractivity contribution < 1.29 is 18.7 Å². The van der Waals surface area contributed by atoms with Crippen molar-refractivity contribution in [2.45, 2.75) is 4.58 Å². The molecule has 0 saturated carbocycles. The van der Waals surface area contributed by atoms with E-state index in [-0.39, 0.29) is 17.5 Å². The summed E-state index contributed by atoms with van der Waals surface area (Å²) in [6, 6.07) is 9.73. The molecule has 138 valence electrons. The molecule has 2 aromatic carbocycles. The molecule has 0 radical (unpaired) electrons. The Morgan fingerprint density at radius 1 is 1.23 bits per heavy atom. The van der Waals surface area contributed by atoms with E-state index in [0.29, 0.717) is 21.8 Å². The number of thioether (sulfide) groups is 2. The van der Waals surface area contributed by atoms with Gasteiger partial charge in [-0.1, -0.05) is 17.7 Å². The number of anilines is 1. The van der Waals surface area contributed by atoms with Gasteiger partial charge in [0.1, 0.15) is 5.82 Å². The average Bonchev–Trinajstić information content (AvgIpc) is 3.17.